The fourth-order valence-electron chi connectivity index (χ4n) is 0.590. The molecule has 0 aliphatic heterocycles. The smallest absolute Gasteiger partial charge is 0.133 e. The molecule has 0 fully saturated rings. The maximum atomic E-state index is 4.89. The Hall–Kier alpha value is 0.200. The second-order valence-electron chi connectivity index (χ2n) is 1.86. The SMILES string of the molecule is CCN(CCOC)C(=S)S. The zero-order chi connectivity index (χ0) is 7.98. The number of thiol groups is 1. The summed E-state index contributed by atoms with van der Waals surface area (Å²) in [6.45, 7) is 4.47. The molecular weight excluding hydrogens is 166 g/mol. The first kappa shape index (κ1) is 10.2. The highest BCUT2D eigenvalue weighted by molar-refractivity contribution is 8.10. The summed E-state index contributed by atoms with van der Waals surface area (Å²) < 4.78 is 5.53. The lowest BCUT2D eigenvalue weighted by molar-refractivity contribution is 0.179. The summed E-state index contributed by atoms with van der Waals surface area (Å²) in [6, 6.07) is 0. The van der Waals surface area contributed by atoms with Crippen molar-refractivity contribution in [3.63, 3.8) is 0 Å². The fourth-order valence-corrected chi connectivity index (χ4v) is 1.05. The van der Waals surface area contributed by atoms with Gasteiger partial charge in [0.2, 0.25) is 0 Å². The summed E-state index contributed by atoms with van der Waals surface area (Å²) >= 11 is 8.91. The topological polar surface area (TPSA) is 12.5 Å². The number of methoxy groups -OCH3 is 1. The van der Waals surface area contributed by atoms with Crippen LogP contribution < -0.4 is 0 Å². The summed E-state index contributed by atoms with van der Waals surface area (Å²) in [4.78, 5) is 1.97. The van der Waals surface area contributed by atoms with E-state index in [1.165, 1.54) is 0 Å². The number of thiocarbonyl (C=S) groups is 1. The van der Waals surface area contributed by atoms with E-state index >= 15 is 0 Å². The Bertz CT molecular complexity index is 108. The van der Waals surface area contributed by atoms with Gasteiger partial charge in [0, 0.05) is 20.2 Å². The Morgan fingerprint density at radius 2 is 2.30 bits per heavy atom. The molecule has 0 saturated carbocycles. The van der Waals surface area contributed by atoms with Crippen LogP contribution in [0.1, 0.15) is 6.92 Å². The van der Waals surface area contributed by atoms with E-state index in [4.69, 9.17) is 17.0 Å². The lowest BCUT2D eigenvalue weighted by Gasteiger charge is -2.19. The molecule has 0 aromatic carbocycles. The van der Waals surface area contributed by atoms with Crippen LogP contribution in [0, 0.1) is 0 Å². The average molecular weight is 179 g/mol. The number of hydrogen-bond donors (Lipinski definition) is 1. The Kier molecular flexibility index (Phi) is 6.06. The maximum absolute atomic E-state index is 4.89. The molecule has 0 N–H and O–H groups in total. The van der Waals surface area contributed by atoms with Crippen LogP contribution in [-0.2, 0) is 4.74 Å². The molecule has 0 saturated heterocycles. The van der Waals surface area contributed by atoms with Gasteiger partial charge in [-0.1, -0.05) is 12.2 Å². The fraction of sp³-hybridized carbons (Fsp3) is 0.833. The van der Waals surface area contributed by atoms with Crippen LogP contribution in [0.5, 0.6) is 0 Å². The molecule has 60 valence electrons. The molecule has 0 aliphatic rings. The number of ether oxygens (including phenoxy) is 1. The average Bonchev–Trinajstić information content (AvgIpc) is 1.89. The molecule has 0 radical (unpaired) electrons. The van der Waals surface area contributed by atoms with E-state index in [1.807, 2.05) is 11.8 Å². The molecule has 2 nitrogen and oxygen atoms in total. The highest BCUT2D eigenvalue weighted by Crippen LogP contribution is 1.94. The highest BCUT2D eigenvalue weighted by Gasteiger charge is 2.00. The van der Waals surface area contributed by atoms with E-state index in [2.05, 4.69) is 12.6 Å². The van der Waals surface area contributed by atoms with Crippen LogP contribution >= 0.6 is 24.8 Å². The summed E-state index contributed by atoms with van der Waals surface area (Å²) in [5.74, 6) is 0. The van der Waals surface area contributed by atoms with E-state index in [0.29, 0.717) is 10.9 Å². The minimum Gasteiger partial charge on any atom is -0.383 e. The van der Waals surface area contributed by atoms with Gasteiger partial charge >= 0.3 is 0 Å². The molecule has 10 heavy (non-hydrogen) atoms. The number of nitrogens with zero attached hydrogens (tertiary/aromatic N) is 1. The van der Waals surface area contributed by atoms with Crippen molar-refractivity contribution in [1.82, 2.24) is 4.90 Å². The molecule has 0 bridgehead atoms. The van der Waals surface area contributed by atoms with Crippen LogP contribution in [0.15, 0.2) is 0 Å². The molecule has 0 rings (SSSR count). The number of hydrogen-bond acceptors (Lipinski definition) is 2. The quantitative estimate of drug-likeness (QED) is 0.514. The summed E-state index contributed by atoms with van der Waals surface area (Å²) in [5.41, 5.74) is 0. The van der Waals surface area contributed by atoms with Crippen molar-refractivity contribution in [2.24, 2.45) is 0 Å². The second-order valence-corrected chi connectivity index (χ2v) is 2.97. The summed E-state index contributed by atoms with van der Waals surface area (Å²) in [6.07, 6.45) is 0. The van der Waals surface area contributed by atoms with Crippen molar-refractivity contribution in [3.8, 4) is 0 Å². The van der Waals surface area contributed by atoms with Crippen molar-refractivity contribution in [3.05, 3.63) is 0 Å². The van der Waals surface area contributed by atoms with Crippen molar-refractivity contribution in [2.45, 2.75) is 6.92 Å². The third-order valence-electron chi connectivity index (χ3n) is 1.22. The Labute approximate surface area is 73.0 Å². The predicted octanol–water partition coefficient (Wildman–Crippen LogP) is 1.17. The third-order valence-corrected chi connectivity index (χ3v) is 1.76. The first-order chi connectivity index (χ1) is 4.72. The molecule has 0 unspecified atom stereocenters. The van der Waals surface area contributed by atoms with E-state index in [0.717, 1.165) is 13.1 Å². The molecule has 0 spiro atoms. The minimum atomic E-state index is 0.638. The van der Waals surface area contributed by atoms with Gasteiger partial charge in [-0.05, 0) is 6.92 Å². The van der Waals surface area contributed by atoms with E-state index in [9.17, 15) is 0 Å². The molecule has 0 aromatic rings. The van der Waals surface area contributed by atoms with Gasteiger partial charge in [0.1, 0.15) is 4.32 Å². The Morgan fingerprint density at radius 3 is 2.60 bits per heavy atom. The van der Waals surface area contributed by atoms with Crippen LogP contribution in [0.3, 0.4) is 0 Å². The zero-order valence-electron chi connectivity index (χ0n) is 6.33. The minimum absolute atomic E-state index is 0.638. The highest BCUT2D eigenvalue weighted by atomic mass is 32.1. The van der Waals surface area contributed by atoms with Gasteiger partial charge in [-0.15, -0.1) is 12.6 Å². The lowest BCUT2D eigenvalue weighted by Crippen LogP contribution is -2.29. The third kappa shape index (κ3) is 4.09. The standard InChI is InChI=1S/C6H13NOS2/c1-3-7(6(9)10)4-5-8-2/h3-5H2,1-2H3,(H,9,10). The van der Waals surface area contributed by atoms with Crippen molar-refractivity contribution < 1.29 is 4.74 Å². The molecule has 0 aromatic heterocycles. The Morgan fingerprint density at radius 1 is 1.70 bits per heavy atom. The van der Waals surface area contributed by atoms with Crippen molar-refractivity contribution >= 4 is 29.2 Å². The Balaban J connectivity index is 3.50. The normalized spacial score (nSPS) is 9.50. The van der Waals surface area contributed by atoms with Crippen LogP contribution in [0.2, 0.25) is 0 Å². The van der Waals surface area contributed by atoms with Gasteiger partial charge in [-0.25, -0.2) is 0 Å². The molecule has 0 atom stereocenters. The predicted molar refractivity (Wildman–Crippen MR) is 50.7 cm³/mol. The largest absolute Gasteiger partial charge is 0.383 e. The maximum Gasteiger partial charge on any atom is 0.133 e. The van der Waals surface area contributed by atoms with Crippen LogP contribution in [0.4, 0.5) is 0 Å². The van der Waals surface area contributed by atoms with Gasteiger partial charge in [0.25, 0.3) is 0 Å². The van der Waals surface area contributed by atoms with Gasteiger partial charge < -0.3 is 9.64 Å². The summed E-state index contributed by atoms with van der Waals surface area (Å²) in [5, 5.41) is 0. The van der Waals surface area contributed by atoms with E-state index in [-0.39, 0.29) is 0 Å². The monoisotopic (exact) mass is 179 g/mol. The van der Waals surface area contributed by atoms with Gasteiger partial charge in [-0.3, -0.25) is 0 Å². The van der Waals surface area contributed by atoms with Crippen LogP contribution in [0.25, 0.3) is 0 Å². The van der Waals surface area contributed by atoms with E-state index in [1.54, 1.807) is 7.11 Å². The van der Waals surface area contributed by atoms with E-state index < -0.39 is 0 Å². The van der Waals surface area contributed by atoms with Gasteiger partial charge in [0.15, 0.2) is 0 Å². The number of rotatable bonds is 4. The van der Waals surface area contributed by atoms with Crippen LogP contribution in [-0.4, -0.2) is 36.0 Å². The van der Waals surface area contributed by atoms with Gasteiger partial charge in [0.05, 0.1) is 6.61 Å². The van der Waals surface area contributed by atoms with Crippen molar-refractivity contribution in [1.29, 1.82) is 0 Å². The van der Waals surface area contributed by atoms with Gasteiger partial charge in [-0.2, -0.15) is 0 Å². The first-order valence-electron chi connectivity index (χ1n) is 3.19. The second kappa shape index (κ2) is 5.95. The molecular formula is C6H13NOS2. The molecule has 0 heterocycles. The molecule has 0 amide bonds. The molecule has 0 aliphatic carbocycles. The lowest BCUT2D eigenvalue weighted by atomic mass is 10.5. The molecule has 4 heteroatoms. The first-order valence-corrected chi connectivity index (χ1v) is 4.04. The zero-order valence-corrected chi connectivity index (χ0v) is 8.04. The number of likely N-dealkylation sites (N-methyl/N-ethyl adjacent to an activating group) is 1. The van der Waals surface area contributed by atoms with Crippen molar-refractivity contribution in [2.75, 3.05) is 26.8 Å². The summed E-state index contributed by atoms with van der Waals surface area (Å²) in [7, 11) is 1.68.